The van der Waals surface area contributed by atoms with E-state index in [-0.39, 0.29) is 0 Å². The van der Waals surface area contributed by atoms with Gasteiger partial charge in [0, 0.05) is 32.2 Å². The van der Waals surface area contributed by atoms with Gasteiger partial charge in [-0.2, -0.15) is 0 Å². The summed E-state index contributed by atoms with van der Waals surface area (Å²) in [5, 5.41) is 0. The molecule has 1 aliphatic carbocycles. The minimum Gasteiger partial charge on any atom is -0.299 e. The summed E-state index contributed by atoms with van der Waals surface area (Å²) in [6.07, 6.45) is 10.9. The molecule has 2 unspecified atom stereocenters. The third-order valence-corrected chi connectivity index (χ3v) is 8.07. The van der Waals surface area contributed by atoms with Crippen molar-refractivity contribution in [3.05, 3.63) is 108 Å². The van der Waals surface area contributed by atoms with Gasteiger partial charge in [0.2, 0.25) is 0 Å². The molecule has 0 aromatic heterocycles. The van der Waals surface area contributed by atoms with Crippen LogP contribution in [0.2, 0.25) is 0 Å². The van der Waals surface area contributed by atoms with E-state index in [0.29, 0.717) is 6.04 Å². The largest absolute Gasteiger partial charge is 0.299 e. The SMILES string of the molecule is C=C(CCN1CCC2CCC3C(=C2C1)C=CCN3CCC(=C)c1ccccc1)c1ccccc1. The molecule has 176 valence electrons. The van der Waals surface area contributed by atoms with Crippen LogP contribution in [0.25, 0.3) is 11.1 Å². The lowest BCUT2D eigenvalue weighted by Crippen LogP contribution is -2.46. The van der Waals surface area contributed by atoms with Gasteiger partial charge in [0.25, 0.3) is 0 Å². The van der Waals surface area contributed by atoms with Crippen LogP contribution in [0.1, 0.15) is 43.2 Å². The molecule has 0 amide bonds. The molecule has 0 saturated carbocycles. The first kappa shape index (κ1) is 23.1. The zero-order valence-electron chi connectivity index (χ0n) is 20.5. The number of hydrogen-bond acceptors (Lipinski definition) is 2. The van der Waals surface area contributed by atoms with E-state index < -0.39 is 0 Å². The monoisotopic (exact) mass is 450 g/mol. The summed E-state index contributed by atoms with van der Waals surface area (Å²) < 4.78 is 0. The summed E-state index contributed by atoms with van der Waals surface area (Å²) in [7, 11) is 0. The Morgan fingerprint density at radius 2 is 1.44 bits per heavy atom. The van der Waals surface area contributed by atoms with Gasteiger partial charge in [-0.1, -0.05) is 86.0 Å². The minimum absolute atomic E-state index is 0.582. The first-order valence-electron chi connectivity index (χ1n) is 13.0. The number of rotatable bonds is 8. The predicted octanol–water partition coefficient (Wildman–Crippen LogP) is 6.85. The zero-order valence-corrected chi connectivity index (χ0v) is 20.5. The molecule has 2 nitrogen and oxygen atoms in total. The number of benzene rings is 2. The maximum Gasteiger partial charge on any atom is 0.0351 e. The summed E-state index contributed by atoms with van der Waals surface area (Å²) in [6, 6.07) is 21.9. The predicted molar refractivity (Wildman–Crippen MR) is 145 cm³/mol. The zero-order chi connectivity index (χ0) is 23.3. The van der Waals surface area contributed by atoms with Gasteiger partial charge < -0.3 is 0 Å². The van der Waals surface area contributed by atoms with Gasteiger partial charge in [-0.15, -0.1) is 0 Å². The van der Waals surface area contributed by atoms with Gasteiger partial charge >= 0.3 is 0 Å². The van der Waals surface area contributed by atoms with E-state index in [2.05, 4.69) is 95.8 Å². The van der Waals surface area contributed by atoms with Crippen LogP contribution in [0.3, 0.4) is 0 Å². The number of piperidine rings is 1. The molecule has 0 N–H and O–H groups in total. The molecule has 1 saturated heterocycles. The average molecular weight is 451 g/mol. The third-order valence-electron chi connectivity index (χ3n) is 8.07. The fraction of sp³-hybridized carbons (Fsp3) is 0.375. The van der Waals surface area contributed by atoms with Gasteiger partial charge in [0.05, 0.1) is 0 Å². The normalized spacial score (nSPS) is 22.8. The van der Waals surface area contributed by atoms with Crippen LogP contribution in [0.5, 0.6) is 0 Å². The smallest absolute Gasteiger partial charge is 0.0351 e. The Hall–Kier alpha value is -2.68. The van der Waals surface area contributed by atoms with E-state index in [1.54, 1.807) is 11.1 Å². The Bertz CT molecular complexity index is 1060. The van der Waals surface area contributed by atoms with Crippen LogP contribution < -0.4 is 0 Å². The summed E-state index contributed by atoms with van der Waals surface area (Å²) in [6.45, 7) is 14.3. The van der Waals surface area contributed by atoms with Gasteiger partial charge in [-0.25, -0.2) is 0 Å². The Balaban J connectivity index is 1.22. The van der Waals surface area contributed by atoms with E-state index in [4.69, 9.17) is 0 Å². The first-order chi connectivity index (χ1) is 16.7. The molecular formula is C32H38N2. The number of likely N-dealkylation sites (tertiary alicyclic amines) is 1. The lowest BCUT2D eigenvalue weighted by molar-refractivity contribution is 0.178. The van der Waals surface area contributed by atoms with E-state index in [1.165, 1.54) is 48.1 Å². The van der Waals surface area contributed by atoms with E-state index >= 15 is 0 Å². The summed E-state index contributed by atoms with van der Waals surface area (Å²) in [4.78, 5) is 5.36. The summed E-state index contributed by atoms with van der Waals surface area (Å²) >= 11 is 0. The van der Waals surface area contributed by atoms with Crippen LogP contribution in [-0.4, -0.2) is 48.6 Å². The molecule has 3 aliphatic rings. The van der Waals surface area contributed by atoms with E-state index in [0.717, 1.165) is 44.9 Å². The second-order valence-electron chi connectivity index (χ2n) is 10.2. The lowest BCUT2D eigenvalue weighted by atomic mass is 9.74. The van der Waals surface area contributed by atoms with Crippen molar-refractivity contribution in [3.8, 4) is 0 Å². The van der Waals surface area contributed by atoms with Crippen LogP contribution in [0.4, 0.5) is 0 Å². The van der Waals surface area contributed by atoms with Gasteiger partial charge in [-0.05, 0) is 78.0 Å². The topological polar surface area (TPSA) is 6.48 Å². The molecule has 0 bridgehead atoms. The van der Waals surface area contributed by atoms with Crippen molar-refractivity contribution in [2.75, 3.05) is 32.7 Å². The molecule has 2 atom stereocenters. The first-order valence-corrected chi connectivity index (χ1v) is 13.0. The Kier molecular flexibility index (Phi) is 7.27. The van der Waals surface area contributed by atoms with Gasteiger partial charge in [0.1, 0.15) is 0 Å². The molecule has 34 heavy (non-hydrogen) atoms. The molecule has 1 fully saturated rings. The molecule has 2 heterocycles. The second kappa shape index (κ2) is 10.7. The highest BCUT2D eigenvalue weighted by Crippen LogP contribution is 2.40. The van der Waals surface area contributed by atoms with Crippen LogP contribution in [0, 0.1) is 5.92 Å². The van der Waals surface area contributed by atoms with Crippen molar-refractivity contribution in [1.82, 2.24) is 9.80 Å². The van der Waals surface area contributed by atoms with Crippen molar-refractivity contribution in [1.29, 1.82) is 0 Å². The van der Waals surface area contributed by atoms with Gasteiger partial charge in [-0.3, -0.25) is 9.80 Å². The summed E-state index contributed by atoms with van der Waals surface area (Å²) in [5.74, 6) is 0.781. The quantitative estimate of drug-likeness (QED) is 0.434. The minimum atomic E-state index is 0.582. The highest BCUT2D eigenvalue weighted by Gasteiger charge is 2.35. The maximum absolute atomic E-state index is 4.37. The fourth-order valence-corrected chi connectivity index (χ4v) is 6.02. The van der Waals surface area contributed by atoms with Gasteiger partial charge in [0.15, 0.2) is 0 Å². The van der Waals surface area contributed by atoms with E-state index in [1.807, 2.05) is 0 Å². The fourth-order valence-electron chi connectivity index (χ4n) is 6.02. The molecule has 2 heteroatoms. The van der Waals surface area contributed by atoms with Crippen molar-refractivity contribution < 1.29 is 0 Å². The molecule has 0 spiro atoms. The molecule has 2 aliphatic heterocycles. The highest BCUT2D eigenvalue weighted by molar-refractivity contribution is 5.63. The number of fused-ring (bicyclic) bond motifs is 2. The molecule has 2 aromatic carbocycles. The average Bonchev–Trinajstić information content (AvgIpc) is 2.91. The standard InChI is InChI=1S/C32H38N2/c1-25(27-10-5-3-6-11-27)17-21-33-22-19-29-15-16-32-30(31(29)24-33)14-9-20-34(32)23-18-26(2)28-12-7-4-8-13-28/h3-14,29,32H,1-2,15-24H2. The molecule has 2 aromatic rings. The van der Waals surface area contributed by atoms with Crippen LogP contribution in [-0.2, 0) is 0 Å². The summed E-state index contributed by atoms with van der Waals surface area (Å²) in [5.41, 5.74) is 8.40. The Morgan fingerprint density at radius 3 is 2.12 bits per heavy atom. The Labute approximate surface area is 206 Å². The molecule has 0 radical (unpaired) electrons. The maximum atomic E-state index is 4.37. The Morgan fingerprint density at radius 1 is 0.794 bits per heavy atom. The van der Waals surface area contributed by atoms with Crippen molar-refractivity contribution in [2.24, 2.45) is 5.92 Å². The van der Waals surface area contributed by atoms with Crippen LogP contribution >= 0.6 is 0 Å². The van der Waals surface area contributed by atoms with Crippen LogP contribution in [0.15, 0.2) is 97.1 Å². The molecular weight excluding hydrogens is 412 g/mol. The van der Waals surface area contributed by atoms with Crippen molar-refractivity contribution >= 4 is 11.1 Å². The second-order valence-corrected chi connectivity index (χ2v) is 10.2. The highest BCUT2D eigenvalue weighted by atomic mass is 15.2. The number of hydrogen-bond donors (Lipinski definition) is 0. The lowest BCUT2D eigenvalue weighted by Gasteiger charge is -2.45. The number of nitrogens with zero attached hydrogens (tertiary/aromatic N) is 2. The third kappa shape index (κ3) is 5.19. The van der Waals surface area contributed by atoms with Crippen molar-refractivity contribution in [3.63, 3.8) is 0 Å². The molecule has 5 rings (SSSR count). The van der Waals surface area contributed by atoms with E-state index in [9.17, 15) is 0 Å². The van der Waals surface area contributed by atoms with Crippen molar-refractivity contribution in [2.45, 2.75) is 38.1 Å².